The molecular formula is C6H7N5. The predicted molar refractivity (Wildman–Crippen MR) is 37.8 cm³/mol. The van der Waals surface area contributed by atoms with Gasteiger partial charge in [0, 0.05) is 11.9 Å². The first kappa shape index (κ1) is 6.09. The summed E-state index contributed by atoms with van der Waals surface area (Å²) >= 11 is 0. The molecule has 0 amide bonds. The molecule has 0 aliphatic carbocycles. The largest absolute Gasteiger partial charge is 0.365 e. The Hall–Kier alpha value is -1.65. The third kappa shape index (κ3) is 1.26. The summed E-state index contributed by atoms with van der Waals surface area (Å²) in [7, 11) is 0. The molecule has 2 aromatic rings. The number of rotatable bonds is 2. The Kier molecular flexibility index (Phi) is 1.40. The number of aromatic amines is 2. The van der Waals surface area contributed by atoms with Crippen LogP contribution in [0.1, 0.15) is 11.5 Å². The fourth-order valence-electron chi connectivity index (χ4n) is 0.905. The molecule has 0 aliphatic heterocycles. The molecule has 2 N–H and O–H groups in total. The van der Waals surface area contributed by atoms with Gasteiger partial charge in [0.05, 0.1) is 6.42 Å². The van der Waals surface area contributed by atoms with Crippen LogP contribution in [0.4, 0.5) is 0 Å². The second kappa shape index (κ2) is 2.53. The van der Waals surface area contributed by atoms with Gasteiger partial charge >= 0.3 is 0 Å². The summed E-state index contributed by atoms with van der Waals surface area (Å²) in [5.41, 5.74) is 1.09. The van der Waals surface area contributed by atoms with Crippen LogP contribution in [0.3, 0.4) is 0 Å². The van der Waals surface area contributed by atoms with Gasteiger partial charge in [-0.25, -0.2) is 0 Å². The zero-order chi connectivity index (χ0) is 7.52. The minimum absolute atomic E-state index is 0.698. The molecule has 2 rings (SSSR count). The van der Waals surface area contributed by atoms with E-state index >= 15 is 0 Å². The van der Waals surface area contributed by atoms with Crippen LogP contribution >= 0.6 is 0 Å². The highest BCUT2D eigenvalue weighted by atomic mass is 15.5. The SMILES string of the molecule is c1c[nH]c(Cc2nn[nH]n2)c1. The summed E-state index contributed by atoms with van der Waals surface area (Å²) in [6, 6.07) is 3.92. The minimum Gasteiger partial charge on any atom is -0.365 e. The quantitative estimate of drug-likeness (QED) is 0.637. The van der Waals surface area contributed by atoms with Gasteiger partial charge in [-0.05, 0) is 12.1 Å². The average molecular weight is 149 g/mol. The Bertz CT molecular complexity index is 263. The molecule has 0 aliphatic rings. The number of H-pyrrole nitrogens is 2. The molecule has 0 atom stereocenters. The molecule has 0 aromatic carbocycles. The second-order valence-corrected chi connectivity index (χ2v) is 2.20. The molecule has 5 heteroatoms. The van der Waals surface area contributed by atoms with E-state index in [0.29, 0.717) is 12.2 Å². The number of nitrogens with zero attached hydrogens (tertiary/aromatic N) is 3. The Morgan fingerprint density at radius 3 is 3.09 bits per heavy atom. The van der Waals surface area contributed by atoms with E-state index in [1.807, 2.05) is 18.3 Å². The van der Waals surface area contributed by atoms with Crippen LogP contribution in [0.2, 0.25) is 0 Å². The van der Waals surface area contributed by atoms with Crippen LogP contribution in [0.25, 0.3) is 0 Å². The molecule has 0 bridgehead atoms. The number of hydrogen-bond acceptors (Lipinski definition) is 3. The highest BCUT2D eigenvalue weighted by Crippen LogP contribution is 1.99. The maximum Gasteiger partial charge on any atom is 0.180 e. The van der Waals surface area contributed by atoms with E-state index in [1.54, 1.807) is 0 Å². The molecular weight excluding hydrogens is 142 g/mol. The molecule has 2 heterocycles. The lowest BCUT2D eigenvalue weighted by Gasteiger charge is -1.87. The first-order valence-electron chi connectivity index (χ1n) is 3.30. The van der Waals surface area contributed by atoms with Crippen molar-refractivity contribution in [3.8, 4) is 0 Å². The van der Waals surface area contributed by atoms with Crippen molar-refractivity contribution in [1.29, 1.82) is 0 Å². The Balaban J connectivity index is 2.14. The molecule has 56 valence electrons. The molecule has 11 heavy (non-hydrogen) atoms. The minimum atomic E-state index is 0.698. The summed E-state index contributed by atoms with van der Waals surface area (Å²) in [6.45, 7) is 0. The van der Waals surface area contributed by atoms with Gasteiger partial charge in [-0.2, -0.15) is 5.21 Å². The second-order valence-electron chi connectivity index (χ2n) is 2.20. The molecule has 0 spiro atoms. The predicted octanol–water partition coefficient (Wildman–Crippen LogP) is 0.119. The topological polar surface area (TPSA) is 70.2 Å². The molecule has 0 radical (unpaired) electrons. The Labute approximate surface area is 62.8 Å². The fourth-order valence-corrected chi connectivity index (χ4v) is 0.905. The summed E-state index contributed by atoms with van der Waals surface area (Å²) < 4.78 is 0. The van der Waals surface area contributed by atoms with E-state index in [2.05, 4.69) is 25.6 Å². The van der Waals surface area contributed by atoms with E-state index in [0.717, 1.165) is 5.69 Å². The Morgan fingerprint density at radius 2 is 2.45 bits per heavy atom. The van der Waals surface area contributed by atoms with Gasteiger partial charge in [-0.15, -0.1) is 10.2 Å². The van der Waals surface area contributed by atoms with Gasteiger partial charge in [0.25, 0.3) is 0 Å². The lowest BCUT2D eigenvalue weighted by Crippen LogP contribution is -1.90. The average Bonchev–Trinajstić information content (AvgIpc) is 2.60. The monoisotopic (exact) mass is 149 g/mol. The third-order valence-electron chi connectivity index (χ3n) is 1.40. The maximum absolute atomic E-state index is 3.82. The first-order valence-corrected chi connectivity index (χ1v) is 3.30. The smallest absolute Gasteiger partial charge is 0.180 e. The van der Waals surface area contributed by atoms with E-state index in [-0.39, 0.29) is 0 Å². The summed E-state index contributed by atoms with van der Waals surface area (Å²) in [6.07, 6.45) is 2.57. The molecule has 0 saturated heterocycles. The highest BCUT2D eigenvalue weighted by molar-refractivity contribution is 5.08. The van der Waals surface area contributed by atoms with E-state index in [9.17, 15) is 0 Å². The Morgan fingerprint density at radius 1 is 1.45 bits per heavy atom. The van der Waals surface area contributed by atoms with Crippen LogP contribution in [-0.2, 0) is 6.42 Å². The van der Waals surface area contributed by atoms with Gasteiger partial charge in [0.2, 0.25) is 0 Å². The van der Waals surface area contributed by atoms with Crippen molar-refractivity contribution in [2.24, 2.45) is 0 Å². The van der Waals surface area contributed by atoms with E-state index in [4.69, 9.17) is 0 Å². The third-order valence-corrected chi connectivity index (χ3v) is 1.40. The zero-order valence-corrected chi connectivity index (χ0v) is 5.78. The van der Waals surface area contributed by atoms with Crippen molar-refractivity contribution in [2.45, 2.75) is 6.42 Å². The first-order chi connectivity index (χ1) is 5.45. The van der Waals surface area contributed by atoms with Crippen molar-refractivity contribution in [1.82, 2.24) is 25.6 Å². The van der Waals surface area contributed by atoms with Gasteiger partial charge in [-0.3, -0.25) is 0 Å². The molecule has 5 nitrogen and oxygen atoms in total. The molecule has 0 saturated carbocycles. The fraction of sp³-hybridized carbons (Fsp3) is 0.167. The summed E-state index contributed by atoms with van der Waals surface area (Å²) in [5.74, 6) is 0.701. The van der Waals surface area contributed by atoms with Crippen molar-refractivity contribution >= 4 is 0 Å². The molecule has 2 aromatic heterocycles. The van der Waals surface area contributed by atoms with Crippen LogP contribution in [0.15, 0.2) is 18.3 Å². The van der Waals surface area contributed by atoms with Crippen molar-refractivity contribution < 1.29 is 0 Å². The zero-order valence-electron chi connectivity index (χ0n) is 5.78. The number of aromatic nitrogens is 5. The van der Waals surface area contributed by atoms with Crippen LogP contribution in [-0.4, -0.2) is 25.6 Å². The number of tetrazole rings is 1. The number of hydrogen-bond donors (Lipinski definition) is 2. The molecule has 0 fully saturated rings. The van der Waals surface area contributed by atoms with Gasteiger partial charge in [-0.1, -0.05) is 5.21 Å². The maximum atomic E-state index is 3.82. The molecule has 0 unspecified atom stereocenters. The van der Waals surface area contributed by atoms with Crippen molar-refractivity contribution in [3.05, 3.63) is 29.8 Å². The summed E-state index contributed by atoms with van der Waals surface area (Å²) in [4.78, 5) is 3.05. The normalized spacial score (nSPS) is 10.2. The van der Waals surface area contributed by atoms with Crippen molar-refractivity contribution in [3.63, 3.8) is 0 Å². The van der Waals surface area contributed by atoms with Crippen molar-refractivity contribution in [2.75, 3.05) is 0 Å². The van der Waals surface area contributed by atoms with Crippen LogP contribution in [0, 0.1) is 0 Å². The lowest BCUT2D eigenvalue weighted by molar-refractivity contribution is 0.881. The standard InChI is InChI=1S/C6H7N5/c1-2-5(7-3-1)4-6-8-10-11-9-6/h1-3,7H,4H2,(H,8,9,10,11). The van der Waals surface area contributed by atoms with E-state index < -0.39 is 0 Å². The highest BCUT2D eigenvalue weighted by Gasteiger charge is 1.99. The summed E-state index contributed by atoms with van der Waals surface area (Å²) in [5, 5.41) is 13.5. The van der Waals surface area contributed by atoms with Gasteiger partial charge in [0.15, 0.2) is 5.82 Å². The van der Waals surface area contributed by atoms with Crippen LogP contribution < -0.4 is 0 Å². The van der Waals surface area contributed by atoms with Crippen LogP contribution in [0.5, 0.6) is 0 Å². The van der Waals surface area contributed by atoms with E-state index in [1.165, 1.54) is 0 Å². The van der Waals surface area contributed by atoms with Gasteiger partial charge < -0.3 is 4.98 Å². The lowest BCUT2D eigenvalue weighted by atomic mass is 10.3. The van der Waals surface area contributed by atoms with Gasteiger partial charge in [0.1, 0.15) is 0 Å². The number of nitrogens with one attached hydrogen (secondary N) is 2.